The fourth-order valence-electron chi connectivity index (χ4n) is 2.34. The zero-order chi connectivity index (χ0) is 20.0. The van der Waals surface area contributed by atoms with Gasteiger partial charge in [-0.25, -0.2) is 4.79 Å². The van der Waals surface area contributed by atoms with Crippen LogP contribution in [0.3, 0.4) is 0 Å². The van der Waals surface area contributed by atoms with Crippen molar-refractivity contribution in [2.75, 3.05) is 28.4 Å². The molecule has 0 saturated carbocycles. The second-order valence-electron chi connectivity index (χ2n) is 5.52. The van der Waals surface area contributed by atoms with E-state index in [1.807, 2.05) is 0 Å². The fourth-order valence-corrected chi connectivity index (χ4v) is 2.34. The Labute approximate surface area is 150 Å². The number of amides is 1. The minimum Gasteiger partial charge on any atom is -0.493 e. The number of nitrogens with one attached hydrogen (secondary N) is 1. The zero-order valence-corrected chi connectivity index (χ0v) is 15.4. The van der Waals surface area contributed by atoms with Crippen molar-refractivity contribution in [2.24, 2.45) is 5.92 Å². The number of benzene rings is 1. The Hall–Kier alpha value is -3.04. The summed E-state index contributed by atoms with van der Waals surface area (Å²) in [7, 11) is 5.00. The third kappa shape index (κ3) is 4.13. The third-order valence-corrected chi connectivity index (χ3v) is 3.64. The number of hydrogen-bond acceptors (Lipinski definition) is 8. The first kappa shape index (κ1) is 21.0. The lowest BCUT2D eigenvalue weighted by atomic mass is 10.0. The summed E-state index contributed by atoms with van der Waals surface area (Å²) in [5.41, 5.74) is -0.936. The zero-order valence-electron chi connectivity index (χ0n) is 15.4. The highest BCUT2D eigenvalue weighted by Gasteiger charge is 2.34. The fraction of sp³-hybridized carbons (Fsp3) is 0.500. The van der Waals surface area contributed by atoms with Crippen molar-refractivity contribution >= 4 is 17.6 Å². The summed E-state index contributed by atoms with van der Waals surface area (Å²) in [5, 5.41) is 14.0. The van der Waals surface area contributed by atoms with Gasteiger partial charge in [0.1, 0.15) is 11.6 Å². The number of ether oxygens (including phenoxy) is 4. The van der Waals surface area contributed by atoms with Crippen LogP contribution in [0.5, 0.6) is 17.2 Å². The van der Waals surface area contributed by atoms with Crippen molar-refractivity contribution in [3.63, 3.8) is 0 Å². The maximum absolute atomic E-state index is 12.7. The molecule has 1 amide bonds. The maximum atomic E-state index is 12.7. The van der Waals surface area contributed by atoms with Crippen molar-refractivity contribution < 1.29 is 33.5 Å². The SMILES string of the molecule is COC(=O)[C@@H](NC(=O)c1cc(OC)c(OC)c(OC)c1[N+](=O)[O-])C(C)C. The minimum absolute atomic E-state index is 0.0216. The van der Waals surface area contributed by atoms with E-state index >= 15 is 0 Å². The highest BCUT2D eigenvalue weighted by molar-refractivity contribution is 6.02. The Balaban J connectivity index is 3.52. The number of hydrogen-bond donors (Lipinski definition) is 1. The normalized spacial score (nSPS) is 11.5. The van der Waals surface area contributed by atoms with E-state index in [0.29, 0.717) is 0 Å². The largest absolute Gasteiger partial charge is 0.493 e. The summed E-state index contributed by atoms with van der Waals surface area (Å²) in [6.07, 6.45) is 0. The van der Waals surface area contributed by atoms with Gasteiger partial charge in [-0.05, 0) is 5.92 Å². The van der Waals surface area contributed by atoms with Crippen molar-refractivity contribution in [3.05, 3.63) is 21.7 Å². The van der Waals surface area contributed by atoms with E-state index in [2.05, 4.69) is 10.1 Å². The summed E-state index contributed by atoms with van der Waals surface area (Å²) in [5.74, 6) is -2.02. The van der Waals surface area contributed by atoms with Crippen LogP contribution in [-0.4, -0.2) is 51.3 Å². The molecule has 0 fully saturated rings. The monoisotopic (exact) mass is 370 g/mol. The summed E-state index contributed by atoms with van der Waals surface area (Å²) in [6.45, 7) is 3.40. The molecule has 1 rings (SSSR count). The molecule has 0 aliphatic rings. The number of carbonyl (C=O) groups excluding carboxylic acids is 2. The molecule has 0 radical (unpaired) electrons. The van der Waals surface area contributed by atoms with Crippen LogP contribution in [0.4, 0.5) is 5.69 Å². The van der Waals surface area contributed by atoms with Crippen molar-refractivity contribution in [1.29, 1.82) is 0 Å². The molecule has 0 heterocycles. The average molecular weight is 370 g/mol. The average Bonchev–Trinajstić information content (AvgIpc) is 2.62. The van der Waals surface area contributed by atoms with Crippen LogP contribution < -0.4 is 19.5 Å². The number of nitrogens with zero attached hydrogens (tertiary/aromatic N) is 1. The first-order valence-corrected chi connectivity index (χ1v) is 7.59. The van der Waals surface area contributed by atoms with Gasteiger partial charge in [0.2, 0.25) is 11.5 Å². The number of methoxy groups -OCH3 is 4. The Kier molecular flexibility index (Phi) is 7.17. The molecular weight excluding hydrogens is 348 g/mol. The van der Waals surface area contributed by atoms with Gasteiger partial charge in [0, 0.05) is 6.07 Å². The van der Waals surface area contributed by atoms with E-state index < -0.39 is 28.5 Å². The molecule has 144 valence electrons. The molecule has 1 aromatic carbocycles. The predicted octanol–water partition coefficient (Wildman–Crippen LogP) is 1.55. The van der Waals surface area contributed by atoms with Gasteiger partial charge < -0.3 is 24.3 Å². The Morgan fingerprint density at radius 1 is 1.08 bits per heavy atom. The van der Waals surface area contributed by atoms with Crippen molar-refractivity contribution in [2.45, 2.75) is 19.9 Å². The molecule has 0 saturated heterocycles. The molecule has 26 heavy (non-hydrogen) atoms. The van der Waals surface area contributed by atoms with Crippen LogP contribution >= 0.6 is 0 Å². The van der Waals surface area contributed by atoms with E-state index in [1.54, 1.807) is 13.8 Å². The molecule has 10 heteroatoms. The number of esters is 1. The second kappa shape index (κ2) is 8.88. The molecule has 1 aromatic rings. The van der Waals surface area contributed by atoms with Gasteiger partial charge in [-0.15, -0.1) is 0 Å². The van der Waals surface area contributed by atoms with Gasteiger partial charge >= 0.3 is 11.7 Å². The van der Waals surface area contributed by atoms with Gasteiger partial charge in [0.15, 0.2) is 5.75 Å². The van der Waals surface area contributed by atoms with E-state index in [9.17, 15) is 19.7 Å². The molecular formula is C16H22N2O8. The first-order valence-electron chi connectivity index (χ1n) is 7.59. The predicted molar refractivity (Wildman–Crippen MR) is 90.9 cm³/mol. The molecule has 1 N–H and O–H groups in total. The molecule has 0 aliphatic carbocycles. The quantitative estimate of drug-likeness (QED) is 0.415. The number of nitro benzene ring substituents is 1. The lowest BCUT2D eigenvalue weighted by Gasteiger charge is -2.20. The smallest absolute Gasteiger partial charge is 0.328 e. The van der Waals surface area contributed by atoms with Crippen LogP contribution in [0, 0.1) is 16.0 Å². The van der Waals surface area contributed by atoms with Crippen LogP contribution in [0.2, 0.25) is 0 Å². The Morgan fingerprint density at radius 3 is 2.04 bits per heavy atom. The lowest BCUT2D eigenvalue weighted by Crippen LogP contribution is -2.45. The van der Waals surface area contributed by atoms with Crippen LogP contribution in [0.1, 0.15) is 24.2 Å². The molecule has 1 atom stereocenters. The second-order valence-corrected chi connectivity index (χ2v) is 5.52. The molecule has 0 unspecified atom stereocenters. The van der Waals surface area contributed by atoms with E-state index in [-0.39, 0.29) is 28.7 Å². The molecule has 10 nitrogen and oxygen atoms in total. The number of nitro groups is 1. The molecule has 0 aromatic heterocycles. The maximum Gasteiger partial charge on any atom is 0.328 e. The molecule has 0 bridgehead atoms. The van der Waals surface area contributed by atoms with Crippen LogP contribution in [0.15, 0.2) is 6.07 Å². The summed E-state index contributed by atoms with van der Waals surface area (Å²) < 4.78 is 19.9. The minimum atomic E-state index is -0.980. The van der Waals surface area contributed by atoms with Crippen molar-refractivity contribution in [1.82, 2.24) is 5.32 Å². The van der Waals surface area contributed by atoms with E-state index in [1.165, 1.54) is 28.4 Å². The lowest BCUT2D eigenvalue weighted by molar-refractivity contribution is -0.386. The highest BCUT2D eigenvalue weighted by Crippen LogP contribution is 2.46. The Bertz CT molecular complexity index is 702. The standard InChI is InChI=1S/C16H22N2O8/c1-8(2)11(16(20)26-6)17-15(19)9-7-10(23-3)13(24-4)14(25-5)12(9)18(21)22/h7-8,11H,1-6H3,(H,17,19)/t11-/m0/s1. The highest BCUT2D eigenvalue weighted by atomic mass is 16.6. The third-order valence-electron chi connectivity index (χ3n) is 3.64. The van der Waals surface area contributed by atoms with E-state index in [4.69, 9.17) is 14.2 Å². The summed E-state index contributed by atoms with van der Waals surface area (Å²) in [6, 6.07) is 0.176. The van der Waals surface area contributed by atoms with Crippen LogP contribution in [0.25, 0.3) is 0 Å². The van der Waals surface area contributed by atoms with Gasteiger partial charge in [-0.1, -0.05) is 13.8 Å². The summed E-state index contributed by atoms with van der Waals surface area (Å²) in [4.78, 5) is 35.3. The van der Waals surface area contributed by atoms with Gasteiger partial charge in [0.05, 0.1) is 33.4 Å². The molecule has 0 aliphatic heterocycles. The first-order chi connectivity index (χ1) is 12.2. The number of rotatable bonds is 8. The van der Waals surface area contributed by atoms with Crippen LogP contribution in [-0.2, 0) is 9.53 Å². The Morgan fingerprint density at radius 2 is 1.65 bits per heavy atom. The summed E-state index contributed by atoms with van der Waals surface area (Å²) >= 11 is 0. The van der Waals surface area contributed by atoms with Gasteiger partial charge in [-0.2, -0.15) is 0 Å². The number of carbonyl (C=O) groups is 2. The van der Waals surface area contributed by atoms with Crippen molar-refractivity contribution in [3.8, 4) is 17.2 Å². The van der Waals surface area contributed by atoms with Gasteiger partial charge in [-0.3, -0.25) is 14.9 Å². The molecule has 0 spiro atoms. The van der Waals surface area contributed by atoms with Gasteiger partial charge in [0.25, 0.3) is 5.91 Å². The topological polar surface area (TPSA) is 126 Å². The van der Waals surface area contributed by atoms with E-state index in [0.717, 1.165) is 6.07 Å².